The van der Waals surface area contributed by atoms with E-state index in [9.17, 15) is 4.79 Å². The number of likely N-dealkylation sites (tertiary alicyclic amines) is 1. The lowest BCUT2D eigenvalue weighted by Gasteiger charge is -2.18. The van der Waals surface area contributed by atoms with E-state index in [1.54, 1.807) is 12.4 Å². The molecule has 4 rings (SSSR count). The van der Waals surface area contributed by atoms with Crippen molar-refractivity contribution in [3.05, 3.63) is 72.2 Å². The summed E-state index contributed by atoms with van der Waals surface area (Å²) in [7, 11) is 0. The molecule has 29 heavy (non-hydrogen) atoms. The van der Waals surface area contributed by atoms with E-state index in [1.165, 1.54) is 34.0 Å². The molecule has 0 saturated carbocycles. The molecule has 0 radical (unpaired) electrons. The number of hydrogen-bond donors (Lipinski definition) is 3. The number of rotatable bonds is 6. The normalized spacial score (nSPS) is 17.1. The van der Waals surface area contributed by atoms with Gasteiger partial charge in [-0.3, -0.25) is 19.9 Å². The summed E-state index contributed by atoms with van der Waals surface area (Å²) >= 11 is 0. The molecule has 0 unspecified atom stereocenters. The Labute approximate surface area is 169 Å². The van der Waals surface area contributed by atoms with Gasteiger partial charge in [0.15, 0.2) is 0 Å². The molecule has 1 aliphatic rings. The van der Waals surface area contributed by atoms with Gasteiger partial charge in [0, 0.05) is 31.8 Å². The molecular formula is C22H23N5O2. The third kappa shape index (κ3) is 4.77. The highest BCUT2D eigenvalue weighted by molar-refractivity contribution is 5.90. The molecule has 1 atom stereocenters. The second kappa shape index (κ2) is 8.81. The molecular weight excluding hydrogens is 366 g/mol. The maximum atomic E-state index is 11.0. The van der Waals surface area contributed by atoms with Crippen molar-refractivity contribution in [3.8, 4) is 0 Å². The summed E-state index contributed by atoms with van der Waals surface area (Å²) in [5.41, 5.74) is 3.43. The van der Waals surface area contributed by atoms with Crippen molar-refractivity contribution in [2.24, 2.45) is 0 Å². The number of benzene rings is 2. The molecule has 2 heterocycles. The van der Waals surface area contributed by atoms with Gasteiger partial charge >= 0.3 is 0 Å². The molecule has 7 heteroatoms. The van der Waals surface area contributed by atoms with E-state index in [0.29, 0.717) is 17.6 Å². The standard InChI is InChI=1S/C22H23N5O2/c28-22(26-29)9-8-18-12-24-21(13-23-18)25-19-10-11-27(15-19)14-17-6-3-5-16-4-1-2-7-20(16)17/h1-9,12-13,19,29H,10-11,14-15H2,(H,24,25)(H,26,28)/b9-8+/t19-/m1/s1. The first-order chi connectivity index (χ1) is 14.2. The van der Waals surface area contributed by atoms with Crippen LogP contribution in [0.15, 0.2) is 60.9 Å². The van der Waals surface area contributed by atoms with Crippen molar-refractivity contribution < 1.29 is 10.0 Å². The van der Waals surface area contributed by atoms with E-state index in [0.717, 1.165) is 26.1 Å². The lowest BCUT2D eigenvalue weighted by Crippen LogP contribution is -2.26. The summed E-state index contributed by atoms with van der Waals surface area (Å²) in [5.74, 6) is 0.108. The maximum absolute atomic E-state index is 11.0. The second-order valence-electron chi connectivity index (χ2n) is 7.14. The summed E-state index contributed by atoms with van der Waals surface area (Å²) in [4.78, 5) is 22.1. The summed E-state index contributed by atoms with van der Waals surface area (Å²) < 4.78 is 0. The Morgan fingerprint density at radius 3 is 2.86 bits per heavy atom. The van der Waals surface area contributed by atoms with Crippen molar-refractivity contribution in [2.75, 3.05) is 18.4 Å². The number of fused-ring (bicyclic) bond motifs is 1. The Balaban J connectivity index is 1.34. The average Bonchev–Trinajstić information content (AvgIpc) is 3.20. The van der Waals surface area contributed by atoms with Crippen molar-refractivity contribution in [2.45, 2.75) is 19.0 Å². The van der Waals surface area contributed by atoms with Gasteiger partial charge in [0.25, 0.3) is 5.91 Å². The molecule has 1 amide bonds. The van der Waals surface area contributed by atoms with Crippen LogP contribution in [-0.4, -0.2) is 45.1 Å². The fourth-order valence-electron chi connectivity index (χ4n) is 3.67. The van der Waals surface area contributed by atoms with Gasteiger partial charge in [0.05, 0.1) is 18.1 Å². The third-order valence-electron chi connectivity index (χ3n) is 5.09. The van der Waals surface area contributed by atoms with Crippen LogP contribution in [0.3, 0.4) is 0 Å². The van der Waals surface area contributed by atoms with E-state index in [1.807, 2.05) is 0 Å². The first-order valence-electron chi connectivity index (χ1n) is 9.61. The van der Waals surface area contributed by atoms with Gasteiger partial charge in [0.1, 0.15) is 5.82 Å². The number of nitrogens with zero attached hydrogens (tertiary/aromatic N) is 3. The highest BCUT2D eigenvalue weighted by Crippen LogP contribution is 2.22. The zero-order chi connectivity index (χ0) is 20.1. The van der Waals surface area contributed by atoms with Crippen LogP contribution >= 0.6 is 0 Å². The van der Waals surface area contributed by atoms with Crippen LogP contribution in [0.25, 0.3) is 16.8 Å². The lowest BCUT2D eigenvalue weighted by molar-refractivity contribution is -0.124. The van der Waals surface area contributed by atoms with Crippen molar-refractivity contribution in [1.82, 2.24) is 20.3 Å². The SMILES string of the molecule is O=C(/C=C/c1cnc(N[C@@H]2CCN(Cc3cccc4ccccc34)C2)cn1)NO. The third-order valence-corrected chi connectivity index (χ3v) is 5.09. The van der Waals surface area contributed by atoms with Gasteiger partial charge in [-0.25, -0.2) is 10.5 Å². The zero-order valence-corrected chi connectivity index (χ0v) is 16.0. The number of carbonyl (C=O) groups is 1. The highest BCUT2D eigenvalue weighted by Gasteiger charge is 2.23. The van der Waals surface area contributed by atoms with Crippen molar-refractivity contribution in [3.63, 3.8) is 0 Å². The van der Waals surface area contributed by atoms with Gasteiger partial charge in [-0.1, -0.05) is 42.5 Å². The van der Waals surface area contributed by atoms with E-state index < -0.39 is 5.91 Å². The lowest BCUT2D eigenvalue weighted by atomic mass is 10.0. The molecule has 148 valence electrons. The van der Waals surface area contributed by atoms with Crippen LogP contribution in [0.4, 0.5) is 5.82 Å². The fourth-order valence-corrected chi connectivity index (χ4v) is 3.67. The van der Waals surface area contributed by atoms with Gasteiger partial charge in [-0.05, 0) is 28.8 Å². The molecule has 1 aromatic heterocycles. The zero-order valence-electron chi connectivity index (χ0n) is 16.0. The quantitative estimate of drug-likeness (QED) is 0.341. The number of carbonyl (C=O) groups excluding carboxylic acids is 1. The molecule has 0 aliphatic carbocycles. The highest BCUT2D eigenvalue weighted by atomic mass is 16.5. The summed E-state index contributed by atoms with van der Waals surface area (Å²) in [6.45, 7) is 2.91. The number of aromatic nitrogens is 2. The van der Waals surface area contributed by atoms with Crippen LogP contribution in [-0.2, 0) is 11.3 Å². The minimum atomic E-state index is -0.605. The van der Waals surface area contributed by atoms with Crippen LogP contribution < -0.4 is 10.8 Å². The molecule has 1 fully saturated rings. The largest absolute Gasteiger partial charge is 0.365 e. The number of nitrogens with one attached hydrogen (secondary N) is 2. The second-order valence-corrected chi connectivity index (χ2v) is 7.14. The van der Waals surface area contributed by atoms with E-state index in [-0.39, 0.29) is 0 Å². The fraction of sp³-hybridized carbons (Fsp3) is 0.227. The Morgan fingerprint density at radius 1 is 1.17 bits per heavy atom. The predicted octanol–water partition coefficient (Wildman–Crippen LogP) is 2.83. The minimum Gasteiger partial charge on any atom is -0.365 e. The first-order valence-corrected chi connectivity index (χ1v) is 9.61. The Morgan fingerprint density at radius 2 is 2.03 bits per heavy atom. The number of amides is 1. The van der Waals surface area contributed by atoms with Gasteiger partial charge in [-0.15, -0.1) is 0 Å². The van der Waals surface area contributed by atoms with Gasteiger partial charge in [-0.2, -0.15) is 0 Å². The molecule has 3 aromatic rings. The molecule has 1 aliphatic heterocycles. The van der Waals surface area contributed by atoms with E-state index in [2.05, 4.69) is 62.6 Å². The topological polar surface area (TPSA) is 90.4 Å². The molecule has 7 nitrogen and oxygen atoms in total. The van der Waals surface area contributed by atoms with Gasteiger partial charge in [0.2, 0.25) is 0 Å². The van der Waals surface area contributed by atoms with Crippen LogP contribution in [0.1, 0.15) is 17.7 Å². The summed E-state index contributed by atoms with van der Waals surface area (Å²) in [6.07, 6.45) is 6.98. The number of anilines is 1. The summed E-state index contributed by atoms with van der Waals surface area (Å²) in [6, 6.07) is 15.3. The average molecular weight is 389 g/mol. The number of hydroxylamine groups is 1. The molecule has 2 aromatic carbocycles. The van der Waals surface area contributed by atoms with Crippen molar-refractivity contribution in [1.29, 1.82) is 0 Å². The Kier molecular flexibility index (Phi) is 5.79. The van der Waals surface area contributed by atoms with Gasteiger partial charge < -0.3 is 5.32 Å². The van der Waals surface area contributed by atoms with Crippen LogP contribution in [0, 0.1) is 0 Å². The predicted molar refractivity (Wildman–Crippen MR) is 112 cm³/mol. The smallest absolute Gasteiger partial charge is 0.267 e. The minimum absolute atomic E-state index is 0.320. The molecule has 3 N–H and O–H groups in total. The number of hydrogen-bond acceptors (Lipinski definition) is 6. The monoisotopic (exact) mass is 389 g/mol. The first kappa shape index (κ1) is 19.0. The maximum Gasteiger partial charge on any atom is 0.267 e. The van der Waals surface area contributed by atoms with E-state index in [4.69, 9.17) is 5.21 Å². The Bertz CT molecular complexity index is 1010. The molecule has 0 bridgehead atoms. The van der Waals surface area contributed by atoms with Crippen LogP contribution in [0.2, 0.25) is 0 Å². The Hall–Kier alpha value is -3.29. The van der Waals surface area contributed by atoms with Crippen molar-refractivity contribution >= 4 is 28.6 Å². The van der Waals surface area contributed by atoms with E-state index >= 15 is 0 Å². The van der Waals surface area contributed by atoms with Crippen LogP contribution in [0.5, 0.6) is 0 Å². The summed E-state index contributed by atoms with van der Waals surface area (Å²) in [5, 5.41) is 14.5. The molecule has 0 spiro atoms. The molecule has 1 saturated heterocycles.